The number of halogens is 3. The molecular weight excluding hydrogens is 341 g/mol. The zero-order valence-corrected chi connectivity index (χ0v) is 14.6. The van der Waals surface area contributed by atoms with Crippen molar-refractivity contribution < 1.29 is 0 Å². The molecule has 0 bridgehead atoms. The topological polar surface area (TPSA) is 19.4 Å². The van der Waals surface area contributed by atoms with Crippen molar-refractivity contribution in [3.8, 4) is 0 Å². The van der Waals surface area contributed by atoms with Crippen LogP contribution in [-0.2, 0) is 0 Å². The standard InChI is InChI=1S/C16H18ClN3.2ClH/c17-13-2-5-15-12(11-13)1-6-16(18-15)20-9-7-19(8-10-20)14-3-4-14;;/h1-2,5-6,11,14H,3-4,7-10H2;2*1H. The SMILES string of the molecule is Cl.Cl.Clc1ccc2nc(N3CCN(C4CC4)CC3)ccc2c1. The van der Waals surface area contributed by atoms with E-state index < -0.39 is 0 Å². The third kappa shape index (κ3) is 3.60. The number of hydrogen-bond acceptors (Lipinski definition) is 3. The molecule has 3 nitrogen and oxygen atoms in total. The molecule has 1 saturated heterocycles. The number of benzene rings is 1. The summed E-state index contributed by atoms with van der Waals surface area (Å²) in [7, 11) is 0. The number of aromatic nitrogens is 1. The van der Waals surface area contributed by atoms with Crippen LogP contribution in [-0.4, -0.2) is 42.1 Å². The molecule has 1 aromatic carbocycles. The zero-order valence-electron chi connectivity index (χ0n) is 12.2. The lowest BCUT2D eigenvalue weighted by Gasteiger charge is -2.35. The second kappa shape index (κ2) is 7.22. The van der Waals surface area contributed by atoms with Crippen molar-refractivity contribution in [3.63, 3.8) is 0 Å². The Morgan fingerprint density at radius 2 is 1.68 bits per heavy atom. The predicted molar refractivity (Wildman–Crippen MR) is 98.1 cm³/mol. The Morgan fingerprint density at radius 1 is 0.955 bits per heavy atom. The van der Waals surface area contributed by atoms with Crippen molar-refractivity contribution in [1.29, 1.82) is 0 Å². The molecule has 6 heteroatoms. The van der Waals surface area contributed by atoms with E-state index in [4.69, 9.17) is 16.6 Å². The fourth-order valence-corrected chi connectivity index (χ4v) is 3.20. The minimum atomic E-state index is 0. The van der Waals surface area contributed by atoms with Gasteiger partial charge in [0.25, 0.3) is 0 Å². The fourth-order valence-electron chi connectivity index (χ4n) is 3.02. The largest absolute Gasteiger partial charge is 0.354 e. The summed E-state index contributed by atoms with van der Waals surface area (Å²) in [5, 5.41) is 1.88. The zero-order chi connectivity index (χ0) is 13.5. The first-order valence-corrected chi connectivity index (χ1v) is 7.73. The van der Waals surface area contributed by atoms with Gasteiger partial charge in [-0.15, -0.1) is 24.8 Å². The Morgan fingerprint density at radius 3 is 2.36 bits per heavy atom. The Labute approximate surface area is 148 Å². The van der Waals surface area contributed by atoms with Crippen LogP contribution in [0.5, 0.6) is 0 Å². The number of hydrogen-bond donors (Lipinski definition) is 0. The van der Waals surface area contributed by atoms with Gasteiger partial charge < -0.3 is 4.90 Å². The van der Waals surface area contributed by atoms with Crippen LogP contribution in [0.3, 0.4) is 0 Å². The van der Waals surface area contributed by atoms with Gasteiger partial charge in [-0.05, 0) is 43.2 Å². The Hall–Kier alpha value is -0.740. The molecular formula is C16H20Cl3N3. The summed E-state index contributed by atoms with van der Waals surface area (Å²) in [5.41, 5.74) is 1.02. The highest BCUT2D eigenvalue weighted by atomic mass is 35.5. The van der Waals surface area contributed by atoms with Crippen molar-refractivity contribution in [3.05, 3.63) is 35.4 Å². The van der Waals surface area contributed by atoms with Gasteiger partial charge in [-0.2, -0.15) is 0 Å². The Balaban J connectivity index is 0.000000882. The van der Waals surface area contributed by atoms with E-state index in [2.05, 4.69) is 21.9 Å². The normalized spacial score (nSPS) is 18.7. The summed E-state index contributed by atoms with van der Waals surface area (Å²) >= 11 is 6.02. The van der Waals surface area contributed by atoms with E-state index in [0.29, 0.717) is 0 Å². The first-order chi connectivity index (χ1) is 9.79. The van der Waals surface area contributed by atoms with Gasteiger partial charge in [-0.25, -0.2) is 4.98 Å². The molecule has 1 aliphatic carbocycles. The first kappa shape index (κ1) is 17.6. The van der Waals surface area contributed by atoms with E-state index in [1.807, 2.05) is 18.2 Å². The molecule has 0 N–H and O–H groups in total. The van der Waals surface area contributed by atoms with Gasteiger partial charge in [-0.1, -0.05) is 11.6 Å². The van der Waals surface area contributed by atoms with E-state index in [-0.39, 0.29) is 24.8 Å². The summed E-state index contributed by atoms with van der Waals surface area (Å²) in [6.07, 6.45) is 2.80. The van der Waals surface area contributed by atoms with E-state index in [1.165, 1.54) is 25.9 Å². The molecule has 0 radical (unpaired) electrons. The van der Waals surface area contributed by atoms with Crippen molar-refractivity contribution in [2.75, 3.05) is 31.1 Å². The number of nitrogens with zero attached hydrogens (tertiary/aromatic N) is 3. The smallest absolute Gasteiger partial charge is 0.129 e. The molecule has 1 saturated carbocycles. The number of rotatable bonds is 2. The summed E-state index contributed by atoms with van der Waals surface area (Å²) in [6, 6.07) is 11.0. The third-order valence-corrected chi connectivity index (χ3v) is 4.57. The lowest BCUT2D eigenvalue weighted by atomic mass is 10.2. The van der Waals surface area contributed by atoms with Crippen molar-refractivity contribution in [2.24, 2.45) is 0 Å². The van der Waals surface area contributed by atoms with Crippen LogP contribution >= 0.6 is 36.4 Å². The van der Waals surface area contributed by atoms with E-state index in [1.54, 1.807) is 0 Å². The van der Waals surface area contributed by atoms with Gasteiger partial charge >= 0.3 is 0 Å². The van der Waals surface area contributed by atoms with Crippen molar-refractivity contribution in [1.82, 2.24) is 9.88 Å². The summed E-state index contributed by atoms with van der Waals surface area (Å²) < 4.78 is 0. The molecule has 0 unspecified atom stereocenters. The quantitative estimate of drug-likeness (QED) is 0.806. The third-order valence-electron chi connectivity index (χ3n) is 4.34. The minimum absolute atomic E-state index is 0. The van der Waals surface area contributed by atoms with Crippen LogP contribution in [0.15, 0.2) is 30.3 Å². The summed E-state index contributed by atoms with van der Waals surface area (Å²) in [6.45, 7) is 4.52. The molecule has 4 rings (SSSR count). The average molecular weight is 361 g/mol. The minimum Gasteiger partial charge on any atom is -0.354 e. The second-order valence-electron chi connectivity index (χ2n) is 5.76. The molecule has 120 valence electrons. The highest BCUT2D eigenvalue weighted by Gasteiger charge is 2.31. The highest BCUT2D eigenvalue weighted by molar-refractivity contribution is 6.31. The molecule has 1 aliphatic heterocycles. The van der Waals surface area contributed by atoms with Crippen LogP contribution < -0.4 is 4.90 Å². The lowest BCUT2D eigenvalue weighted by molar-refractivity contribution is 0.247. The maximum atomic E-state index is 6.02. The summed E-state index contributed by atoms with van der Waals surface area (Å²) in [4.78, 5) is 9.79. The molecule has 0 atom stereocenters. The van der Waals surface area contributed by atoms with Crippen LogP contribution in [0.1, 0.15) is 12.8 Å². The lowest BCUT2D eigenvalue weighted by Crippen LogP contribution is -2.47. The molecule has 22 heavy (non-hydrogen) atoms. The van der Waals surface area contributed by atoms with Crippen LogP contribution in [0.25, 0.3) is 10.9 Å². The molecule has 0 spiro atoms. The van der Waals surface area contributed by atoms with E-state index in [0.717, 1.165) is 40.9 Å². The van der Waals surface area contributed by atoms with E-state index >= 15 is 0 Å². The predicted octanol–water partition coefficient (Wildman–Crippen LogP) is 4.02. The Kier molecular flexibility index (Phi) is 5.78. The van der Waals surface area contributed by atoms with Crippen molar-refractivity contribution in [2.45, 2.75) is 18.9 Å². The molecule has 2 aliphatic rings. The number of anilines is 1. The van der Waals surface area contributed by atoms with Gasteiger partial charge in [0.1, 0.15) is 5.82 Å². The van der Waals surface area contributed by atoms with Gasteiger partial charge in [0.15, 0.2) is 0 Å². The molecule has 2 fully saturated rings. The number of fused-ring (bicyclic) bond motifs is 1. The molecule has 1 aromatic heterocycles. The molecule has 2 aromatic rings. The van der Waals surface area contributed by atoms with Gasteiger partial charge in [0.05, 0.1) is 5.52 Å². The van der Waals surface area contributed by atoms with Gasteiger partial charge in [-0.3, -0.25) is 4.90 Å². The summed E-state index contributed by atoms with van der Waals surface area (Å²) in [5.74, 6) is 1.09. The van der Waals surface area contributed by atoms with Crippen LogP contribution in [0, 0.1) is 0 Å². The average Bonchev–Trinajstić information content (AvgIpc) is 3.32. The van der Waals surface area contributed by atoms with Crippen molar-refractivity contribution >= 4 is 53.1 Å². The monoisotopic (exact) mass is 359 g/mol. The second-order valence-corrected chi connectivity index (χ2v) is 6.20. The van der Waals surface area contributed by atoms with Gasteiger partial charge in [0, 0.05) is 42.6 Å². The molecule has 2 heterocycles. The maximum Gasteiger partial charge on any atom is 0.129 e. The van der Waals surface area contributed by atoms with Crippen LogP contribution in [0.2, 0.25) is 5.02 Å². The van der Waals surface area contributed by atoms with Crippen LogP contribution in [0.4, 0.5) is 5.82 Å². The van der Waals surface area contributed by atoms with Gasteiger partial charge in [0.2, 0.25) is 0 Å². The number of piperazine rings is 1. The first-order valence-electron chi connectivity index (χ1n) is 7.35. The molecule has 0 amide bonds. The number of pyridine rings is 1. The fraction of sp³-hybridized carbons (Fsp3) is 0.438. The maximum absolute atomic E-state index is 6.02. The van der Waals surface area contributed by atoms with E-state index in [9.17, 15) is 0 Å². The highest BCUT2D eigenvalue weighted by Crippen LogP contribution is 2.28. The Bertz CT molecular complexity index is 638.